The molecule has 1 fully saturated rings. The number of methoxy groups -OCH3 is 1. The number of halogens is 1. The highest BCUT2D eigenvalue weighted by Gasteiger charge is 2.18. The first kappa shape index (κ1) is 11.5. The van der Waals surface area contributed by atoms with Gasteiger partial charge in [-0.3, -0.25) is 0 Å². The van der Waals surface area contributed by atoms with Gasteiger partial charge in [0.2, 0.25) is 0 Å². The summed E-state index contributed by atoms with van der Waals surface area (Å²) in [7, 11) is 1.52. The minimum atomic E-state index is 0.0895. The fourth-order valence-corrected chi connectivity index (χ4v) is 2.10. The van der Waals surface area contributed by atoms with Gasteiger partial charge in [-0.1, -0.05) is 0 Å². The molecule has 0 radical (unpaired) electrons. The summed E-state index contributed by atoms with van der Waals surface area (Å²) in [4.78, 5) is 0. The zero-order chi connectivity index (χ0) is 11.5. The molecule has 1 aromatic rings. The molecule has 1 unspecified atom stereocenters. The van der Waals surface area contributed by atoms with Crippen molar-refractivity contribution in [1.82, 2.24) is 5.32 Å². The number of phenolic OH excluding ortho intramolecular Hbond substituents is 1. The molecule has 4 nitrogen and oxygen atoms in total. The monoisotopic (exact) mass is 287 g/mol. The smallest absolute Gasteiger partial charge is 0.161 e. The lowest BCUT2D eigenvalue weighted by molar-refractivity contribution is 0.220. The number of phenols is 1. The van der Waals surface area contributed by atoms with Crippen LogP contribution in [-0.2, 0) is 0 Å². The van der Waals surface area contributed by atoms with E-state index in [0.29, 0.717) is 11.5 Å². The Morgan fingerprint density at radius 3 is 2.88 bits per heavy atom. The van der Waals surface area contributed by atoms with Crippen molar-refractivity contribution in [2.75, 3.05) is 20.2 Å². The van der Waals surface area contributed by atoms with Crippen LogP contribution in [0.3, 0.4) is 0 Å². The second kappa shape index (κ2) is 4.93. The van der Waals surface area contributed by atoms with E-state index in [4.69, 9.17) is 9.47 Å². The number of rotatable bonds is 3. The summed E-state index contributed by atoms with van der Waals surface area (Å²) in [6.07, 6.45) is 1.16. The first-order valence-corrected chi connectivity index (χ1v) is 5.94. The van der Waals surface area contributed by atoms with Gasteiger partial charge in [-0.25, -0.2) is 0 Å². The normalized spacial score (nSPS) is 19.8. The van der Waals surface area contributed by atoms with Crippen LogP contribution in [0.4, 0.5) is 0 Å². The molecule has 1 aromatic carbocycles. The lowest BCUT2D eigenvalue weighted by atomic mass is 10.3. The van der Waals surface area contributed by atoms with E-state index in [1.807, 2.05) is 0 Å². The highest BCUT2D eigenvalue weighted by molar-refractivity contribution is 9.10. The molecule has 88 valence electrons. The second-order valence-corrected chi connectivity index (χ2v) is 4.54. The Bertz CT molecular complexity index is 378. The molecule has 1 atom stereocenters. The van der Waals surface area contributed by atoms with Crippen LogP contribution in [-0.4, -0.2) is 31.4 Å². The standard InChI is InChI=1S/C11H14BrNO3/c1-15-11-4-8(12)10(5-9(11)14)16-7-2-3-13-6-7/h4-5,7,13-14H,2-3,6H2,1H3. The second-order valence-electron chi connectivity index (χ2n) is 3.69. The first-order chi connectivity index (χ1) is 7.70. The largest absolute Gasteiger partial charge is 0.504 e. The lowest BCUT2D eigenvalue weighted by Gasteiger charge is -2.15. The molecule has 1 saturated heterocycles. The fourth-order valence-electron chi connectivity index (χ4n) is 1.69. The predicted molar refractivity (Wildman–Crippen MR) is 64.3 cm³/mol. The molecule has 2 N–H and O–H groups in total. The van der Waals surface area contributed by atoms with Crippen LogP contribution < -0.4 is 14.8 Å². The van der Waals surface area contributed by atoms with Gasteiger partial charge in [-0.05, 0) is 28.9 Å². The third-order valence-electron chi connectivity index (χ3n) is 2.54. The van der Waals surface area contributed by atoms with Gasteiger partial charge in [-0.2, -0.15) is 0 Å². The maximum absolute atomic E-state index is 9.65. The van der Waals surface area contributed by atoms with Crippen LogP contribution in [0, 0.1) is 0 Å². The van der Waals surface area contributed by atoms with Crippen molar-refractivity contribution >= 4 is 15.9 Å². The molecule has 1 aliphatic rings. The van der Waals surface area contributed by atoms with Crippen molar-refractivity contribution in [3.8, 4) is 17.2 Å². The molecule has 16 heavy (non-hydrogen) atoms. The fraction of sp³-hybridized carbons (Fsp3) is 0.455. The predicted octanol–water partition coefficient (Wildman–Crippen LogP) is 1.90. The van der Waals surface area contributed by atoms with Crippen molar-refractivity contribution in [2.45, 2.75) is 12.5 Å². The minimum absolute atomic E-state index is 0.0895. The van der Waals surface area contributed by atoms with Crippen molar-refractivity contribution in [1.29, 1.82) is 0 Å². The Morgan fingerprint density at radius 1 is 1.44 bits per heavy atom. The average molecular weight is 288 g/mol. The van der Waals surface area contributed by atoms with E-state index in [1.165, 1.54) is 7.11 Å². The number of ether oxygens (including phenoxy) is 2. The van der Waals surface area contributed by atoms with Gasteiger partial charge in [0.05, 0.1) is 11.6 Å². The van der Waals surface area contributed by atoms with Crippen LogP contribution in [0.1, 0.15) is 6.42 Å². The molecule has 0 amide bonds. The summed E-state index contributed by atoms with van der Waals surface area (Å²) in [5.74, 6) is 1.17. The van der Waals surface area contributed by atoms with Crippen LogP contribution in [0.2, 0.25) is 0 Å². The summed E-state index contributed by atoms with van der Waals surface area (Å²) >= 11 is 3.39. The average Bonchev–Trinajstić information content (AvgIpc) is 2.75. The van der Waals surface area contributed by atoms with E-state index < -0.39 is 0 Å². The van der Waals surface area contributed by atoms with E-state index in [0.717, 1.165) is 24.0 Å². The quantitative estimate of drug-likeness (QED) is 0.892. The van der Waals surface area contributed by atoms with Gasteiger partial charge in [0.15, 0.2) is 11.5 Å². The summed E-state index contributed by atoms with van der Waals surface area (Å²) in [6, 6.07) is 3.27. The lowest BCUT2D eigenvalue weighted by Crippen LogP contribution is -2.19. The Kier molecular flexibility index (Phi) is 3.56. The summed E-state index contributed by atoms with van der Waals surface area (Å²) < 4.78 is 11.6. The van der Waals surface area contributed by atoms with Gasteiger partial charge in [-0.15, -0.1) is 0 Å². The highest BCUT2D eigenvalue weighted by atomic mass is 79.9. The molecule has 0 spiro atoms. The molecule has 1 aliphatic heterocycles. The van der Waals surface area contributed by atoms with E-state index >= 15 is 0 Å². The zero-order valence-electron chi connectivity index (χ0n) is 9.00. The number of benzene rings is 1. The third kappa shape index (κ3) is 2.41. The summed E-state index contributed by atoms with van der Waals surface area (Å²) in [5, 5.41) is 12.9. The van der Waals surface area contributed by atoms with Gasteiger partial charge in [0.25, 0.3) is 0 Å². The minimum Gasteiger partial charge on any atom is -0.504 e. The molecule has 0 aromatic heterocycles. The van der Waals surface area contributed by atoms with Crippen LogP contribution in [0.25, 0.3) is 0 Å². The number of hydrogen-bond acceptors (Lipinski definition) is 4. The van der Waals surface area contributed by atoms with Gasteiger partial charge in [0.1, 0.15) is 11.9 Å². The SMILES string of the molecule is COc1cc(Br)c(OC2CCNC2)cc1O. The molecule has 0 aliphatic carbocycles. The highest BCUT2D eigenvalue weighted by Crippen LogP contribution is 2.37. The number of hydrogen-bond donors (Lipinski definition) is 2. The van der Waals surface area contributed by atoms with Crippen molar-refractivity contribution in [3.63, 3.8) is 0 Å². The van der Waals surface area contributed by atoms with Crippen LogP contribution in [0.15, 0.2) is 16.6 Å². The Labute approximate surface area is 103 Å². The molecule has 5 heteroatoms. The van der Waals surface area contributed by atoms with Gasteiger partial charge >= 0.3 is 0 Å². The van der Waals surface area contributed by atoms with Crippen LogP contribution in [0.5, 0.6) is 17.2 Å². The van der Waals surface area contributed by atoms with Crippen molar-refractivity contribution in [3.05, 3.63) is 16.6 Å². The third-order valence-corrected chi connectivity index (χ3v) is 3.16. The Hall–Kier alpha value is -0.940. The molecular weight excluding hydrogens is 274 g/mol. The number of aromatic hydroxyl groups is 1. The van der Waals surface area contributed by atoms with Crippen molar-refractivity contribution < 1.29 is 14.6 Å². The van der Waals surface area contributed by atoms with E-state index in [9.17, 15) is 5.11 Å². The molecule has 2 rings (SSSR count). The van der Waals surface area contributed by atoms with E-state index in [1.54, 1.807) is 12.1 Å². The maximum Gasteiger partial charge on any atom is 0.161 e. The Balaban J connectivity index is 2.17. The first-order valence-electron chi connectivity index (χ1n) is 5.14. The molecule has 0 bridgehead atoms. The van der Waals surface area contributed by atoms with Gasteiger partial charge < -0.3 is 19.9 Å². The van der Waals surface area contributed by atoms with E-state index in [2.05, 4.69) is 21.2 Å². The zero-order valence-corrected chi connectivity index (χ0v) is 10.6. The van der Waals surface area contributed by atoms with Gasteiger partial charge in [0, 0.05) is 18.7 Å². The van der Waals surface area contributed by atoms with Crippen LogP contribution >= 0.6 is 15.9 Å². The molecule has 1 heterocycles. The Morgan fingerprint density at radius 2 is 2.25 bits per heavy atom. The topological polar surface area (TPSA) is 50.7 Å². The summed E-state index contributed by atoms with van der Waals surface area (Å²) in [6.45, 7) is 1.82. The molecular formula is C11H14BrNO3. The van der Waals surface area contributed by atoms with Crippen molar-refractivity contribution in [2.24, 2.45) is 0 Å². The number of nitrogens with one attached hydrogen (secondary N) is 1. The van der Waals surface area contributed by atoms with E-state index in [-0.39, 0.29) is 11.9 Å². The maximum atomic E-state index is 9.65. The molecule has 0 saturated carbocycles. The summed E-state index contributed by atoms with van der Waals surface area (Å²) in [5.41, 5.74) is 0.